The molecule has 0 spiro atoms. The summed E-state index contributed by atoms with van der Waals surface area (Å²) in [5.41, 5.74) is 1.25. The molecule has 0 saturated heterocycles. The highest BCUT2D eigenvalue weighted by atomic mass is 16.5. The van der Waals surface area contributed by atoms with Crippen LogP contribution >= 0.6 is 0 Å². The molecule has 0 aliphatic heterocycles. The predicted molar refractivity (Wildman–Crippen MR) is 76.9 cm³/mol. The third-order valence-electron chi connectivity index (χ3n) is 3.69. The van der Waals surface area contributed by atoms with Crippen LogP contribution in [0.4, 0.5) is 0 Å². The summed E-state index contributed by atoms with van der Waals surface area (Å²) in [5, 5.41) is 3.22. The first kappa shape index (κ1) is 13.2. The fourth-order valence-corrected chi connectivity index (χ4v) is 2.45. The SMILES string of the molecule is C/C=C/c1ccccc1OC1(CCNC)CCC1. The number of benzene rings is 1. The van der Waals surface area contributed by atoms with Gasteiger partial charge in [-0.15, -0.1) is 0 Å². The van der Waals surface area contributed by atoms with E-state index >= 15 is 0 Å². The maximum absolute atomic E-state index is 6.33. The molecule has 0 aromatic heterocycles. The zero-order chi connectivity index (χ0) is 12.8. The van der Waals surface area contributed by atoms with Crippen LogP contribution in [0.3, 0.4) is 0 Å². The summed E-state index contributed by atoms with van der Waals surface area (Å²) < 4.78 is 6.33. The molecule has 0 atom stereocenters. The lowest BCUT2D eigenvalue weighted by Crippen LogP contribution is -2.45. The van der Waals surface area contributed by atoms with E-state index in [2.05, 4.69) is 35.7 Å². The fraction of sp³-hybridized carbons (Fsp3) is 0.500. The number of hydrogen-bond acceptors (Lipinski definition) is 2. The molecule has 1 aromatic carbocycles. The second-order valence-corrected chi connectivity index (χ2v) is 5.03. The van der Waals surface area contributed by atoms with Gasteiger partial charge in [0.2, 0.25) is 0 Å². The summed E-state index contributed by atoms with van der Waals surface area (Å²) in [7, 11) is 2.00. The van der Waals surface area contributed by atoms with Crippen molar-refractivity contribution < 1.29 is 4.74 Å². The lowest BCUT2D eigenvalue weighted by molar-refractivity contribution is -0.0140. The second-order valence-electron chi connectivity index (χ2n) is 5.03. The molecule has 2 heteroatoms. The Kier molecular flexibility index (Phi) is 4.43. The minimum Gasteiger partial charge on any atom is -0.487 e. The minimum atomic E-state index is 0.0701. The monoisotopic (exact) mass is 245 g/mol. The van der Waals surface area contributed by atoms with E-state index in [4.69, 9.17) is 4.74 Å². The van der Waals surface area contributed by atoms with Gasteiger partial charge in [-0.3, -0.25) is 0 Å². The molecule has 1 aliphatic carbocycles. The Hall–Kier alpha value is -1.28. The van der Waals surface area contributed by atoms with Gasteiger partial charge >= 0.3 is 0 Å². The number of ether oxygens (including phenoxy) is 1. The summed E-state index contributed by atoms with van der Waals surface area (Å²) >= 11 is 0. The fourth-order valence-electron chi connectivity index (χ4n) is 2.45. The van der Waals surface area contributed by atoms with Gasteiger partial charge in [0.15, 0.2) is 0 Å². The third-order valence-corrected chi connectivity index (χ3v) is 3.69. The van der Waals surface area contributed by atoms with Crippen molar-refractivity contribution in [1.29, 1.82) is 0 Å². The van der Waals surface area contributed by atoms with Gasteiger partial charge < -0.3 is 10.1 Å². The summed E-state index contributed by atoms with van der Waals surface area (Å²) in [4.78, 5) is 0. The highest BCUT2D eigenvalue weighted by molar-refractivity contribution is 5.57. The van der Waals surface area contributed by atoms with Crippen LogP contribution in [0.5, 0.6) is 5.75 Å². The van der Waals surface area contributed by atoms with Crippen LogP contribution in [0, 0.1) is 0 Å². The Bertz CT molecular complexity index is 407. The molecule has 0 unspecified atom stereocenters. The van der Waals surface area contributed by atoms with Crippen molar-refractivity contribution in [3.63, 3.8) is 0 Å². The molecule has 1 N–H and O–H groups in total. The molecule has 1 fully saturated rings. The van der Waals surface area contributed by atoms with Crippen molar-refractivity contribution in [3.8, 4) is 5.75 Å². The zero-order valence-electron chi connectivity index (χ0n) is 11.4. The van der Waals surface area contributed by atoms with Crippen LogP contribution in [0.25, 0.3) is 6.08 Å². The van der Waals surface area contributed by atoms with Gasteiger partial charge in [-0.2, -0.15) is 0 Å². The number of nitrogens with one attached hydrogen (secondary N) is 1. The van der Waals surface area contributed by atoms with Crippen molar-refractivity contribution >= 4 is 6.08 Å². The van der Waals surface area contributed by atoms with Gasteiger partial charge in [-0.25, -0.2) is 0 Å². The largest absolute Gasteiger partial charge is 0.487 e. The van der Waals surface area contributed by atoms with Gasteiger partial charge in [0.1, 0.15) is 11.4 Å². The van der Waals surface area contributed by atoms with Crippen LogP contribution in [0.15, 0.2) is 30.3 Å². The molecular formula is C16H23NO. The predicted octanol–water partition coefficient (Wildman–Crippen LogP) is 3.63. The molecule has 0 bridgehead atoms. The molecule has 98 valence electrons. The van der Waals surface area contributed by atoms with E-state index in [1.165, 1.54) is 24.8 Å². The summed E-state index contributed by atoms with van der Waals surface area (Å²) in [6.07, 6.45) is 8.91. The lowest BCUT2D eigenvalue weighted by atomic mass is 9.77. The van der Waals surface area contributed by atoms with Crippen LogP contribution in [0.1, 0.15) is 38.2 Å². The van der Waals surface area contributed by atoms with Crippen molar-refractivity contribution in [2.45, 2.75) is 38.2 Å². The Morgan fingerprint density at radius 3 is 2.72 bits per heavy atom. The van der Waals surface area contributed by atoms with Gasteiger partial charge in [0.25, 0.3) is 0 Å². The molecule has 1 aromatic rings. The van der Waals surface area contributed by atoms with Crippen LogP contribution in [-0.2, 0) is 0 Å². The topological polar surface area (TPSA) is 21.3 Å². The summed E-state index contributed by atoms with van der Waals surface area (Å²) in [6, 6.07) is 8.30. The van der Waals surface area contributed by atoms with Crippen molar-refractivity contribution in [2.75, 3.05) is 13.6 Å². The van der Waals surface area contributed by atoms with Crippen LogP contribution in [0.2, 0.25) is 0 Å². The van der Waals surface area contributed by atoms with E-state index in [1.54, 1.807) is 0 Å². The Balaban J connectivity index is 2.12. The lowest BCUT2D eigenvalue weighted by Gasteiger charge is -2.42. The highest BCUT2D eigenvalue weighted by Gasteiger charge is 2.38. The first-order valence-corrected chi connectivity index (χ1v) is 6.85. The number of rotatable bonds is 6. The molecular weight excluding hydrogens is 222 g/mol. The standard InChI is InChI=1S/C16H23NO/c1-3-7-14-8-4-5-9-15(14)18-16(10-6-11-16)12-13-17-2/h3-5,7-9,17H,6,10-13H2,1-2H3/b7-3+. The van der Waals surface area contributed by atoms with Crippen LogP contribution < -0.4 is 10.1 Å². The van der Waals surface area contributed by atoms with Crippen molar-refractivity contribution in [1.82, 2.24) is 5.32 Å². The molecule has 2 rings (SSSR count). The Labute approximate surface area is 110 Å². The maximum atomic E-state index is 6.33. The van der Waals surface area contributed by atoms with Gasteiger partial charge in [0.05, 0.1) is 0 Å². The summed E-state index contributed by atoms with van der Waals surface area (Å²) in [6.45, 7) is 3.06. The molecule has 1 saturated carbocycles. The van der Waals surface area contributed by atoms with Crippen molar-refractivity contribution in [2.24, 2.45) is 0 Å². The van der Waals surface area contributed by atoms with E-state index in [-0.39, 0.29) is 5.60 Å². The van der Waals surface area contributed by atoms with E-state index in [9.17, 15) is 0 Å². The van der Waals surface area contributed by atoms with E-state index in [0.717, 1.165) is 18.7 Å². The molecule has 0 radical (unpaired) electrons. The molecule has 2 nitrogen and oxygen atoms in total. The number of para-hydroxylation sites is 1. The molecule has 0 heterocycles. The normalized spacial score (nSPS) is 17.7. The van der Waals surface area contributed by atoms with E-state index < -0.39 is 0 Å². The number of hydrogen-bond donors (Lipinski definition) is 1. The quantitative estimate of drug-likeness (QED) is 0.826. The third kappa shape index (κ3) is 2.94. The van der Waals surface area contributed by atoms with E-state index in [0.29, 0.717) is 0 Å². The van der Waals surface area contributed by atoms with Gasteiger partial charge in [-0.05, 0) is 52.3 Å². The number of allylic oxidation sites excluding steroid dienone is 1. The van der Waals surface area contributed by atoms with E-state index in [1.807, 2.05) is 20.0 Å². The average molecular weight is 245 g/mol. The Morgan fingerprint density at radius 1 is 1.33 bits per heavy atom. The molecule has 18 heavy (non-hydrogen) atoms. The smallest absolute Gasteiger partial charge is 0.127 e. The van der Waals surface area contributed by atoms with Gasteiger partial charge in [0, 0.05) is 5.56 Å². The Morgan fingerprint density at radius 2 is 2.11 bits per heavy atom. The van der Waals surface area contributed by atoms with Gasteiger partial charge in [-0.1, -0.05) is 30.4 Å². The summed E-state index contributed by atoms with van der Waals surface area (Å²) in [5.74, 6) is 1.02. The van der Waals surface area contributed by atoms with Crippen molar-refractivity contribution in [3.05, 3.63) is 35.9 Å². The highest BCUT2D eigenvalue weighted by Crippen LogP contribution is 2.40. The minimum absolute atomic E-state index is 0.0701. The zero-order valence-corrected chi connectivity index (χ0v) is 11.4. The first-order chi connectivity index (χ1) is 8.79. The second kappa shape index (κ2) is 6.05. The maximum Gasteiger partial charge on any atom is 0.127 e. The van der Waals surface area contributed by atoms with Crippen LogP contribution in [-0.4, -0.2) is 19.2 Å². The molecule has 0 amide bonds. The first-order valence-electron chi connectivity index (χ1n) is 6.85. The average Bonchev–Trinajstić information content (AvgIpc) is 2.35. The molecule has 1 aliphatic rings.